The number of hydrogen-bond donors (Lipinski definition) is 0. The molecule has 2 aromatic carbocycles. The molecule has 134 valence electrons. The minimum absolute atomic E-state index is 0.000560. The largest absolute Gasteiger partial charge is 0.497 e. The van der Waals surface area contributed by atoms with Crippen molar-refractivity contribution in [2.24, 2.45) is 0 Å². The maximum atomic E-state index is 12.5. The van der Waals surface area contributed by atoms with Crippen molar-refractivity contribution in [1.29, 1.82) is 0 Å². The predicted octanol–water partition coefficient (Wildman–Crippen LogP) is 3.09. The van der Waals surface area contributed by atoms with E-state index in [0.717, 1.165) is 16.9 Å². The van der Waals surface area contributed by atoms with Crippen molar-refractivity contribution >= 4 is 5.91 Å². The van der Waals surface area contributed by atoms with Crippen molar-refractivity contribution in [2.45, 2.75) is 13.3 Å². The second-order valence-electron chi connectivity index (χ2n) is 5.83. The van der Waals surface area contributed by atoms with Gasteiger partial charge in [-0.05, 0) is 42.8 Å². The molecule has 5 nitrogen and oxygen atoms in total. The highest BCUT2D eigenvalue weighted by atomic mass is 16.5. The standard InChI is InChI=1S/C20H25NO4/c1-15-6-5-7-18(12-15)25-11-10-21(2)20(22)14-16-13-17(23-3)8-9-19(16)24-4/h5-9,12-13H,10-11,14H2,1-4H3. The second-order valence-corrected chi connectivity index (χ2v) is 5.83. The number of carbonyl (C=O) groups is 1. The third kappa shape index (κ3) is 5.41. The highest BCUT2D eigenvalue weighted by molar-refractivity contribution is 5.79. The number of likely N-dealkylation sites (N-methyl/N-ethyl adjacent to an activating group) is 1. The van der Waals surface area contributed by atoms with Gasteiger partial charge in [0.25, 0.3) is 0 Å². The fraction of sp³-hybridized carbons (Fsp3) is 0.350. The number of benzene rings is 2. The Morgan fingerprint density at radius 1 is 1.04 bits per heavy atom. The molecule has 0 saturated heterocycles. The molecule has 0 aliphatic carbocycles. The van der Waals surface area contributed by atoms with Crippen LogP contribution in [0.4, 0.5) is 0 Å². The van der Waals surface area contributed by atoms with E-state index in [4.69, 9.17) is 14.2 Å². The summed E-state index contributed by atoms with van der Waals surface area (Å²) in [6.07, 6.45) is 0.251. The molecule has 2 rings (SSSR count). The molecule has 0 aromatic heterocycles. The maximum absolute atomic E-state index is 12.5. The van der Waals surface area contributed by atoms with Crippen molar-refractivity contribution in [3.63, 3.8) is 0 Å². The molecule has 0 radical (unpaired) electrons. The normalized spacial score (nSPS) is 10.2. The van der Waals surface area contributed by atoms with Gasteiger partial charge >= 0.3 is 0 Å². The van der Waals surface area contributed by atoms with E-state index in [1.807, 2.05) is 49.4 Å². The highest BCUT2D eigenvalue weighted by Crippen LogP contribution is 2.24. The Bertz CT molecular complexity index is 715. The van der Waals surface area contributed by atoms with Crippen molar-refractivity contribution in [1.82, 2.24) is 4.90 Å². The smallest absolute Gasteiger partial charge is 0.226 e. The average molecular weight is 343 g/mol. The van der Waals surface area contributed by atoms with Gasteiger partial charge < -0.3 is 19.1 Å². The van der Waals surface area contributed by atoms with Crippen LogP contribution in [0.25, 0.3) is 0 Å². The van der Waals surface area contributed by atoms with E-state index in [9.17, 15) is 4.79 Å². The van der Waals surface area contributed by atoms with E-state index in [0.29, 0.717) is 24.7 Å². The van der Waals surface area contributed by atoms with Crippen LogP contribution in [0.5, 0.6) is 17.2 Å². The lowest BCUT2D eigenvalue weighted by molar-refractivity contribution is -0.129. The Balaban J connectivity index is 1.89. The Morgan fingerprint density at radius 2 is 1.84 bits per heavy atom. The predicted molar refractivity (Wildman–Crippen MR) is 97.6 cm³/mol. The summed E-state index contributed by atoms with van der Waals surface area (Å²) in [6, 6.07) is 13.3. The maximum Gasteiger partial charge on any atom is 0.226 e. The second kappa shape index (κ2) is 8.97. The molecule has 0 spiro atoms. The Labute approximate surface area is 149 Å². The number of ether oxygens (including phenoxy) is 3. The number of hydrogen-bond acceptors (Lipinski definition) is 4. The molecule has 0 unspecified atom stereocenters. The fourth-order valence-electron chi connectivity index (χ4n) is 2.45. The summed E-state index contributed by atoms with van der Waals surface area (Å²) < 4.78 is 16.2. The van der Waals surface area contributed by atoms with Gasteiger partial charge in [-0.25, -0.2) is 0 Å². The summed E-state index contributed by atoms with van der Waals surface area (Å²) in [5, 5.41) is 0. The Kier molecular flexibility index (Phi) is 6.69. The summed E-state index contributed by atoms with van der Waals surface area (Å²) in [7, 11) is 4.96. The zero-order valence-electron chi connectivity index (χ0n) is 15.2. The zero-order valence-corrected chi connectivity index (χ0v) is 15.2. The first-order chi connectivity index (χ1) is 12.0. The van der Waals surface area contributed by atoms with Crippen LogP contribution in [0, 0.1) is 6.92 Å². The molecule has 25 heavy (non-hydrogen) atoms. The number of rotatable bonds is 8. The molecule has 0 heterocycles. The van der Waals surface area contributed by atoms with Crippen LogP contribution >= 0.6 is 0 Å². The molecular formula is C20H25NO4. The van der Waals surface area contributed by atoms with Gasteiger partial charge in [-0.3, -0.25) is 4.79 Å². The molecule has 0 atom stereocenters. The first-order valence-corrected chi connectivity index (χ1v) is 8.18. The summed E-state index contributed by atoms with van der Waals surface area (Å²) in [5.41, 5.74) is 1.95. The quantitative estimate of drug-likeness (QED) is 0.739. The minimum atomic E-state index is -0.000560. The van der Waals surface area contributed by atoms with Gasteiger partial charge in [0, 0.05) is 12.6 Å². The molecule has 0 fully saturated rings. The molecular weight excluding hydrogens is 318 g/mol. The highest BCUT2D eigenvalue weighted by Gasteiger charge is 2.14. The van der Waals surface area contributed by atoms with Crippen molar-refractivity contribution in [3.05, 3.63) is 53.6 Å². The van der Waals surface area contributed by atoms with E-state index in [2.05, 4.69) is 0 Å². The molecule has 1 amide bonds. The van der Waals surface area contributed by atoms with Crippen LogP contribution in [0.2, 0.25) is 0 Å². The fourth-order valence-corrected chi connectivity index (χ4v) is 2.45. The van der Waals surface area contributed by atoms with Gasteiger partial charge in [-0.2, -0.15) is 0 Å². The summed E-state index contributed by atoms with van der Waals surface area (Å²) in [5.74, 6) is 2.20. The van der Waals surface area contributed by atoms with E-state index < -0.39 is 0 Å². The van der Waals surface area contributed by atoms with Gasteiger partial charge in [-0.15, -0.1) is 0 Å². The van der Waals surface area contributed by atoms with Crippen molar-refractivity contribution in [3.8, 4) is 17.2 Å². The molecule has 0 saturated carbocycles. The third-order valence-electron chi connectivity index (χ3n) is 3.94. The SMILES string of the molecule is COc1ccc(OC)c(CC(=O)N(C)CCOc2cccc(C)c2)c1. The van der Waals surface area contributed by atoms with E-state index in [-0.39, 0.29) is 12.3 Å². The van der Waals surface area contributed by atoms with E-state index in [1.54, 1.807) is 26.2 Å². The Morgan fingerprint density at radius 3 is 2.52 bits per heavy atom. The number of carbonyl (C=O) groups excluding carboxylic acids is 1. The number of methoxy groups -OCH3 is 2. The Hall–Kier alpha value is -2.69. The van der Waals surface area contributed by atoms with Crippen LogP contribution in [0.3, 0.4) is 0 Å². The minimum Gasteiger partial charge on any atom is -0.497 e. The van der Waals surface area contributed by atoms with E-state index in [1.165, 1.54) is 0 Å². The number of nitrogens with zero attached hydrogens (tertiary/aromatic N) is 1. The monoisotopic (exact) mass is 343 g/mol. The molecule has 2 aromatic rings. The summed E-state index contributed by atoms with van der Waals surface area (Å²) >= 11 is 0. The van der Waals surface area contributed by atoms with Gasteiger partial charge in [0.1, 0.15) is 23.9 Å². The van der Waals surface area contributed by atoms with Crippen LogP contribution < -0.4 is 14.2 Å². The van der Waals surface area contributed by atoms with Gasteiger partial charge in [0.15, 0.2) is 0 Å². The molecule has 0 bridgehead atoms. The zero-order chi connectivity index (χ0) is 18.2. The van der Waals surface area contributed by atoms with Crippen molar-refractivity contribution in [2.75, 3.05) is 34.4 Å². The molecule has 0 aliphatic heterocycles. The number of amides is 1. The lowest BCUT2D eigenvalue weighted by Gasteiger charge is -2.18. The number of aryl methyl sites for hydroxylation is 1. The summed E-state index contributed by atoms with van der Waals surface area (Å²) in [4.78, 5) is 14.1. The van der Waals surface area contributed by atoms with Gasteiger partial charge in [0.2, 0.25) is 5.91 Å². The first kappa shape index (κ1) is 18.6. The van der Waals surface area contributed by atoms with Crippen LogP contribution in [0.15, 0.2) is 42.5 Å². The van der Waals surface area contributed by atoms with E-state index >= 15 is 0 Å². The molecule has 5 heteroatoms. The molecule has 0 aliphatic rings. The van der Waals surface area contributed by atoms with Crippen LogP contribution in [0.1, 0.15) is 11.1 Å². The van der Waals surface area contributed by atoms with Gasteiger partial charge in [-0.1, -0.05) is 12.1 Å². The third-order valence-corrected chi connectivity index (χ3v) is 3.94. The van der Waals surface area contributed by atoms with Crippen LogP contribution in [-0.4, -0.2) is 45.2 Å². The van der Waals surface area contributed by atoms with Crippen molar-refractivity contribution < 1.29 is 19.0 Å². The molecule has 0 N–H and O–H groups in total. The topological polar surface area (TPSA) is 48.0 Å². The van der Waals surface area contributed by atoms with Crippen LogP contribution in [-0.2, 0) is 11.2 Å². The lowest BCUT2D eigenvalue weighted by atomic mass is 10.1. The average Bonchev–Trinajstić information content (AvgIpc) is 2.61. The lowest BCUT2D eigenvalue weighted by Crippen LogP contribution is -2.32. The first-order valence-electron chi connectivity index (χ1n) is 8.18. The summed E-state index contributed by atoms with van der Waals surface area (Å²) in [6.45, 7) is 2.98. The van der Waals surface area contributed by atoms with Gasteiger partial charge in [0.05, 0.1) is 27.2 Å².